The van der Waals surface area contributed by atoms with Crippen molar-refractivity contribution in [3.63, 3.8) is 0 Å². The van der Waals surface area contributed by atoms with Gasteiger partial charge in [0.2, 0.25) is 0 Å². The van der Waals surface area contributed by atoms with Gasteiger partial charge in [-0.05, 0) is 48.0 Å². The molecule has 0 saturated carbocycles. The quantitative estimate of drug-likeness (QED) is 0.586. The number of halogens is 1. The molecule has 1 N–H and O–H groups in total. The van der Waals surface area contributed by atoms with Crippen molar-refractivity contribution in [3.8, 4) is 5.75 Å². The number of ether oxygens (including phenoxy) is 2. The minimum atomic E-state index is -0.454. The first-order chi connectivity index (χ1) is 15.5. The van der Waals surface area contributed by atoms with Crippen LogP contribution in [-0.4, -0.2) is 31.5 Å². The number of amides is 2. The maximum atomic E-state index is 12.6. The van der Waals surface area contributed by atoms with Gasteiger partial charge >= 0.3 is 5.97 Å². The van der Waals surface area contributed by atoms with E-state index in [2.05, 4.69) is 5.32 Å². The molecule has 1 aliphatic rings. The minimum absolute atomic E-state index is 0.102. The number of fused-ring (bicyclic) bond motifs is 1. The number of benzene rings is 3. The lowest BCUT2D eigenvalue weighted by atomic mass is 10.1. The van der Waals surface area contributed by atoms with Gasteiger partial charge in [0.1, 0.15) is 5.75 Å². The minimum Gasteiger partial charge on any atom is -0.482 e. The van der Waals surface area contributed by atoms with E-state index < -0.39 is 5.97 Å². The summed E-state index contributed by atoms with van der Waals surface area (Å²) in [6.07, 6.45) is 0. The third-order valence-electron chi connectivity index (χ3n) is 4.97. The summed E-state index contributed by atoms with van der Waals surface area (Å²) in [5.74, 6) is -0.541. The Morgan fingerprint density at radius 1 is 1.09 bits per heavy atom. The lowest BCUT2D eigenvalue weighted by Gasteiger charge is -2.30. The fourth-order valence-corrected chi connectivity index (χ4v) is 3.62. The highest BCUT2D eigenvalue weighted by Crippen LogP contribution is 2.36. The Hall–Kier alpha value is -3.84. The molecular weight excluding hydrogens is 432 g/mol. The van der Waals surface area contributed by atoms with E-state index in [1.807, 2.05) is 6.07 Å². The first-order valence-corrected chi connectivity index (χ1v) is 10.1. The molecule has 3 aromatic rings. The number of esters is 1. The second-order valence-electron chi connectivity index (χ2n) is 7.08. The van der Waals surface area contributed by atoms with Crippen LogP contribution in [0, 0.1) is 0 Å². The number of anilines is 2. The largest absolute Gasteiger partial charge is 0.482 e. The molecule has 0 fully saturated rings. The number of nitrogens with zero attached hydrogens (tertiary/aromatic N) is 1. The molecule has 0 radical (unpaired) electrons. The van der Waals surface area contributed by atoms with E-state index in [0.29, 0.717) is 33.3 Å². The number of rotatable bonds is 5. The van der Waals surface area contributed by atoms with E-state index in [1.54, 1.807) is 65.6 Å². The molecule has 0 bridgehead atoms. The SMILES string of the molecule is COC(=O)c1cccc(CN2C(=O)COc3ccc(NC(=O)c4ccccc4Cl)cc32)c1. The van der Waals surface area contributed by atoms with E-state index in [0.717, 1.165) is 5.56 Å². The molecule has 0 atom stereocenters. The topological polar surface area (TPSA) is 84.9 Å². The van der Waals surface area contributed by atoms with E-state index in [1.165, 1.54) is 7.11 Å². The van der Waals surface area contributed by atoms with Gasteiger partial charge < -0.3 is 19.7 Å². The molecule has 4 rings (SSSR count). The molecule has 0 aromatic heterocycles. The van der Waals surface area contributed by atoms with Gasteiger partial charge in [-0.25, -0.2) is 4.79 Å². The summed E-state index contributed by atoms with van der Waals surface area (Å²) in [6.45, 7) is 0.122. The highest BCUT2D eigenvalue weighted by Gasteiger charge is 2.26. The molecule has 32 heavy (non-hydrogen) atoms. The van der Waals surface area contributed by atoms with Crippen LogP contribution in [0.2, 0.25) is 5.02 Å². The monoisotopic (exact) mass is 450 g/mol. The molecule has 3 aromatic carbocycles. The molecule has 0 unspecified atom stereocenters. The Kier molecular flexibility index (Phi) is 6.09. The van der Waals surface area contributed by atoms with Gasteiger partial charge in [-0.3, -0.25) is 9.59 Å². The predicted molar refractivity (Wildman–Crippen MR) is 120 cm³/mol. The van der Waals surface area contributed by atoms with Crippen molar-refractivity contribution in [2.75, 3.05) is 23.9 Å². The molecule has 2 amide bonds. The molecule has 0 saturated heterocycles. The van der Waals surface area contributed by atoms with Gasteiger partial charge in [0, 0.05) is 5.69 Å². The predicted octanol–water partition coefficient (Wildman–Crippen LogP) is 4.30. The van der Waals surface area contributed by atoms with Gasteiger partial charge in [0.15, 0.2) is 6.61 Å². The van der Waals surface area contributed by atoms with Crippen LogP contribution in [0.3, 0.4) is 0 Å². The highest BCUT2D eigenvalue weighted by molar-refractivity contribution is 6.34. The van der Waals surface area contributed by atoms with Gasteiger partial charge in [0.25, 0.3) is 11.8 Å². The van der Waals surface area contributed by atoms with Crippen molar-refractivity contribution in [1.82, 2.24) is 0 Å². The third kappa shape index (κ3) is 4.43. The Bertz CT molecular complexity index is 1210. The Morgan fingerprint density at radius 3 is 2.69 bits per heavy atom. The van der Waals surface area contributed by atoms with Gasteiger partial charge in [0.05, 0.1) is 35.5 Å². The number of nitrogens with one attached hydrogen (secondary N) is 1. The summed E-state index contributed by atoms with van der Waals surface area (Å²) in [4.78, 5) is 38.7. The normalized spacial score (nSPS) is 12.6. The lowest BCUT2D eigenvalue weighted by Crippen LogP contribution is -2.38. The summed E-state index contributed by atoms with van der Waals surface area (Å²) in [5.41, 5.74) is 2.49. The first kappa shape index (κ1) is 21.4. The standard InChI is InChI=1S/C24H19ClN2O5/c1-31-24(30)16-6-4-5-15(11-16)13-27-20-12-17(9-10-21(20)32-14-22(27)28)26-23(29)18-7-2-3-8-19(18)25/h2-12H,13-14H2,1H3,(H,26,29). The number of methoxy groups -OCH3 is 1. The zero-order valence-electron chi connectivity index (χ0n) is 17.1. The van der Waals surface area contributed by atoms with Crippen LogP contribution < -0.4 is 15.0 Å². The van der Waals surface area contributed by atoms with Gasteiger partial charge in [-0.1, -0.05) is 35.9 Å². The maximum Gasteiger partial charge on any atom is 0.337 e. The average Bonchev–Trinajstić information content (AvgIpc) is 2.81. The zero-order chi connectivity index (χ0) is 22.7. The molecule has 0 aliphatic carbocycles. The molecule has 1 aliphatic heterocycles. The number of carbonyl (C=O) groups excluding carboxylic acids is 3. The van der Waals surface area contributed by atoms with E-state index in [4.69, 9.17) is 21.1 Å². The van der Waals surface area contributed by atoms with Crippen molar-refractivity contribution < 1.29 is 23.9 Å². The van der Waals surface area contributed by atoms with E-state index >= 15 is 0 Å². The van der Waals surface area contributed by atoms with Crippen LogP contribution in [0.1, 0.15) is 26.3 Å². The van der Waals surface area contributed by atoms with Crippen LogP contribution in [0.15, 0.2) is 66.7 Å². The summed E-state index contributed by atoms with van der Waals surface area (Å²) < 4.78 is 10.3. The van der Waals surface area contributed by atoms with Crippen molar-refractivity contribution >= 4 is 40.8 Å². The number of hydrogen-bond donors (Lipinski definition) is 1. The zero-order valence-corrected chi connectivity index (χ0v) is 17.9. The third-order valence-corrected chi connectivity index (χ3v) is 5.30. The van der Waals surface area contributed by atoms with Crippen molar-refractivity contribution in [2.24, 2.45) is 0 Å². The van der Waals surface area contributed by atoms with Gasteiger partial charge in [-0.15, -0.1) is 0 Å². The van der Waals surface area contributed by atoms with Crippen molar-refractivity contribution in [1.29, 1.82) is 0 Å². The number of carbonyl (C=O) groups is 3. The van der Waals surface area contributed by atoms with Crippen LogP contribution in [0.5, 0.6) is 5.75 Å². The fourth-order valence-electron chi connectivity index (χ4n) is 3.39. The maximum absolute atomic E-state index is 12.6. The van der Waals surface area contributed by atoms with Crippen LogP contribution in [0.25, 0.3) is 0 Å². The molecule has 0 spiro atoms. The summed E-state index contributed by atoms with van der Waals surface area (Å²) >= 11 is 6.11. The van der Waals surface area contributed by atoms with Crippen LogP contribution >= 0.6 is 11.6 Å². The molecule has 1 heterocycles. The highest BCUT2D eigenvalue weighted by atomic mass is 35.5. The van der Waals surface area contributed by atoms with Gasteiger partial charge in [-0.2, -0.15) is 0 Å². The molecule has 8 heteroatoms. The average molecular weight is 451 g/mol. The summed E-state index contributed by atoms with van der Waals surface area (Å²) in [7, 11) is 1.31. The van der Waals surface area contributed by atoms with Crippen molar-refractivity contribution in [3.05, 3.63) is 88.4 Å². The van der Waals surface area contributed by atoms with E-state index in [9.17, 15) is 14.4 Å². The Morgan fingerprint density at radius 2 is 1.91 bits per heavy atom. The molecule has 7 nitrogen and oxygen atoms in total. The lowest BCUT2D eigenvalue weighted by molar-refractivity contribution is -0.121. The Labute approximate surface area is 189 Å². The second kappa shape index (κ2) is 9.11. The molecular formula is C24H19ClN2O5. The summed E-state index contributed by atoms with van der Waals surface area (Å²) in [5, 5.41) is 3.14. The van der Waals surface area contributed by atoms with Crippen molar-refractivity contribution in [2.45, 2.75) is 6.54 Å². The molecule has 162 valence electrons. The summed E-state index contributed by atoms with van der Waals surface area (Å²) in [6, 6.07) is 18.7. The van der Waals surface area contributed by atoms with E-state index in [-0.39, 0.29) is 25.0 Å². The van der Waals surface area contributed by atoms with Crippen LogP contribution in [0.4, 0.5) is 11.4 Å². The van der Waals surface area contributed by atoms with Crippen LogP contribution in [-0.2, 0) is 16.1 Å². The second-order valence-corrected chi connectivity index (χ2v) is 7.48. The fraction of sp³-hybridized carbons (Fsp3) is 0.125. The Balaban J connectivity index is 1.61. The first-order valence-electron chi connectivity index (χ1n) is 9.76. The smallest absolute Gasteiger partial charge is 0.337 e. The number of hydrogen-bond acceptors (Lipinski definition) is 5.